The molecule has 3 atom stereocenters. The molecular weight excluding hydrogens is 192 g/mol. The highest BCUT2D eigenvalue weighted by Gasteiger charge is 2.39. The van der Waals surface area contributed by atoms with Crippen molar-refractivity contribution in [3.8, 4) is 0 Å². The summed E-state index contributed by atoms with van der Waals surface area (Å²) in [5, 5.41) is 8.76. The van der Waals surface area contributed by atoms with Gasteiger partial charge in [-0.3, -0.25) is 4.79 Å². The summed E-state index contributed by atoms with van der Waals surface area (Å²) in [7, 11) is 0. The number of carboxylic acid groups (broad SMARTS) is 1. The summed E-state index contributed by atoms with van der Waals surface area (Å²) < 4.78 is 5.91. The van der Waals surface area contributed by atoms with Crippen LogP contribution in [0.25, 0.3) is 0 Å². The van der Waals surface area contributed by atoms with E-state index < -0.39 is 11.6 Å². The van der Waals surface area contributed by atoms with Crippen LogP contribution in [0, 0.1) is 11.8 Å². The minimum Gasteiger partial charge on any atom is -0.481 e. The largest absolute Gasteiger partial charge is 0.481 e. The molecule has 0 spiro atoms. The number of allylic oxidation sites excluding steroid dienone is 1. The summed E-state index contributed by atoms with van der Waals surface area (Å²) in [6.45, 7) is 3.72. The molecule has 1 N–H and O–H groups in total. The molecule has 3 unspecified atom stereocenters. The molecule has 3 nitrogen and oxygen atoms in total. The Labute approximate surface area is 90.1 Å². The van der Waals surface area contributed by atoms with Crippen molar-refractivity contribution in [1.82, 2.24) is 0 Å². The van der Waals surface area contributed by atoms with Gasteiger partial charge in [-0.2, -0.15) is 0 Å². The van der Waals surface area contributed by atoms with Gasteiger partial charge in [-0.1, -0.05) is 12.2 Å². The average molecular weight is 210 g/mol. The Hall–Kier alpha value is -0.830. The van der Waals surface area contributed by atoms with E-state index in [9.17, 15) is 4.79 Å². The summed E-state index contributed by atoms with van der Waals surface area (Å²) in [4.78, 5) is 10.7. The van der Waals surface area contributed by atoms with E-state index in [1.807, 2.05) is 13.8 Å². The van der Waals surface area contributed by atoms with Crippen LogP contribution >= 0.6 is 0 Å². The molecule has 0 radical (unpaired) electrons. The first-order valence-electron chi connectivity index (χ1n) is 5.54. The quantitative estimate of drug-likeness (QED) is 0.724. The molecule has 2 rings (SSSR count). The standard InChI is InChI=1S/C12H18O3/c1-12(2,7-11(13)14)15-10-6-8-3-4-9(10)5-8/h3-4,8-10H,5-7H2,1-2H3,(H,13,14). The number of carboxylic acids is 1. The molecule has 2 aliphatic carbocycles. The molecule has 15 heavy (non-hydrogen) atoms. The predicted octanol–water partition coefficient (Wildman–Crippen LogP) is 2.22. The number of ether oxygens (including phenoxy) is 1. The summed E-state index contributed by atoms with van der Waals surface area (Å²) >= 11 is 0. The second-order valence-electron chi connectivity index (χ2n) is 5.27. The fraction of sp³-hybridized carbons (Fsp3) is 0.750. The first-order chi connectivity index (χ1) is 6.96. The van der Waals surface area contributed by atoms with Crippen LogP contribution in [0.1, 0.15) is 33.1 Å². The molecule has 1 fully saturated rings. The van der Waals surface area contributed by atoms with Crippen LogP contribution in [0.15, 0.2) is 12.2 Å². The van der Waals surface area contributed by atoms with Gasteiger partial charge in [0.1, 0.15) is 0 Å². The van der Waals surface area contributed by atoms with Gasteiger partial charge >= 0.3 is 5.97 Å². The lowest BCUT2D eigenvalue weighted by atomic mass is 10.0. The number of fused-ring (bicyclic) bond motifs is 2. The van der Waals surface area contributed by atoms with E-state index >= 15 is 0 Å². The van der Waals surface area contributed by atoms with Crippen LogP contribution in [-0.2, 0) is 9.53 Å². The van der Waals surface area contributed by atoms with Crippen molar-refractivity contribution in [1.29, 1.82) is 0 Å². The molecule has 1 saturated carbocycles. The molecule has 2 bridgehead atoms. The molecule has 3 heteroatoms. The molecule has 0 saturated heterocycles. The van der Waals surface area contributed by atoms with Crippen LogP contribution in [0.2, 0.25) is 0 Å². The van der Waals surface area contributed by atoms with Gasteiger partial charge in [-0.15, -0.1) is 0 Å². The fourth-order valence-corrected chi connectivity index (χ4v) is 2.68. The fourth-order valence-electron chi connectivity index (χ4n) is 2.68. The highest BCUT2D eigenvalue weighted by atomic mass is 16.5. The summed E-state index contributed by atoms with van der Waals surface area (Å²) in [5.41, 5.74) is -0.547. The normalized spacial score (nSPS) is 33.6. The zero-order chi connectivity index (χ0) is 11.1. The first-order valence-corrected chi connectivity index (χ1v) is 5.54. The van der Waals surface area contributed by atoms with Crippen molar-refractivity contribution in [2.45, 2.75) is 44.8 Å². The molecule has 84 valence electrons. The average Bonchev–Trinajstić information content (AvgIpc) is 2.60. The van der Waals surface area contributed by atoms with E-state index in [0.29, 0.717) is 11.8 Å². The molecule has 0 heterocycles. The van der Waals surface area contributed by atoms with Gasteiger partial charge in [0, 0.05) is 5.92 Å². The Morgan fingerprint density at radius 2 is 2.20 bits per heavy atom. The number of aliphatic carboxylic acids is 1. The first kappa shape index (κ1) is 10.7. The molecule has 2 aliphatic rings. The smallest absolute Gasteiger partial charge is 0.306 e. The lowest BCUT2D eigenvalue weighted by Gasteiger charge is -2.30. The number of rotatable bonds is 4. The summed E-state index contributed by atoms with van der Waals surface area (Å²) in [6.07, 6.45) is 7.03. The van der Waals surface area contributed by atoms with Crippen LogP contribution in [0.3, 0.4) is 0 Å². The summed E-state index contributed by atoms with van der Waals surface area (Å²) in [5.74, 6) is 0.391. The molecule has 0 aromatic rings. The topological polar surface area (TPSA) is 46.5 Å². The van der Waals surface area contributed by atoms with Gasteiger partial charge in [0.05, 0.1) is 18.1 Å². The number of carbonyl (C=O) groups is 1. The van der Waals surface area contributed by atoms with Crippen LogP contribution in [0.4, 0.5) is 0 Å². The second-order valence-corrected chi connectivity index (χ2v) is 5.27. The van der Waals surface area contributed by atoms with E-state index in [1.54, 1.807) is 0 Å². The van der Waals surface area contributed by atoms with Crippen molar-refractivity contribution in [3.63, 3.8) is 0 Å². The van der Waals surface area contributed by atoms with Crippen LogP contribution in [0.5, 0.6) is 0 Å². The minimum absolute atomic E-state index is 0.0740. The van der Waals surface area contributed by atoms with Gasteiger partial charge in [0.25, 0.3) is 0 Å². The Morgan fingerprint density at radius 1 is 1.47 bits per heavy atom. The van der Waals surface area contributed by atoms with Gasteiger partial charge in [0.2, 0.25) is 0 Å². The summed E-state index contributed by atoms with van der Waals surface area (Å²) in [6, 6.07) is 0. The third kappa shape index (κ3) is 2.40. The second kappa shape index (κ2) is 3.63. The maximum Gasteiger partial charge on any atom is 0.306 e. The molecule has 0 aliphatic heterocycles. The van der Waals surface area contributed by atoms with Crippen molar-refractivity contribution in [2.75, 3.05) is 0 Å². The van der Waals surface area contributed by atoms with Gasteiger partial charge < -0.3 is 9.84 Å². The van der Waals surface area contributed by atoms with Crippen molar-refractivity contribution in [3.05, 3.63) is 12.2 Å². The highest BCUT2D eigenvalue weighted by molar-refractivity contribution is 5.67. The maximum atomic E-state index is 10.7. The van der Waals surface area contributed by atoms with E-state index in [0.717, 1.165) is 6.42 Å². The van der Waals surface area contributed by atoms with Gasteiger partial charge in [0.15, 0.2) is 0 Å². The Kier molecular flexibility index (Phi) is 2.59. The minimum atomic E-state index is -0.793. The lowest BCUT2D eigenvalue weighted by molar-refractivity contribution is -0.148. The Morgan fingerprint density at radius 3 is 2.67 bits per heavy atom. The molecule has 0 aromatic carbocycles. The zero-order valence-corrected chi connectivity index (χ0v) is 9.27. The number of hydrogen-bond donors (Lipinski definition) is 1. The molecule has 0 aromatic heterocycles. The van der Waals surface area contributed by atoms with Crippen LogP contribution in [-0.4, -0.2) is 22.8 Å². The van der Waals surface area contributed by atoms with Crippen molar-refractivity contribution in [2.24, 2.45) is 11.8 Å². The van der Waals surface area contributed by atoms with Crippen molar-refractivity contribution < 1.29 is 14.6 Å². The predicted molar refractivity (Wildman–Crippen MR) is 56.6 cm³/mol. The molecular formula is C12H18O3. The third-order valence-electron chi connectivity index (χ3n) is 3.27. The van der Waals surface area contributed by atoms with Gasteiger partial charge in [-0.05, 0) is 32.6 Å². The van der Waals surface area contributed by atoms with E-state index in [1.165, 1.54) is 6.42 Å². The third-order valence-corrected chi connectivity index (χ3v) is 3.27. The lowest BCUT2D eigenvalue weighted by Crippen LogP contribution is -2.34. The molecule has 0 amide bonds. The Balaban J connectivity index is 1.91. The SMILES string of the molecule is CC(C)(CC(=O)O)OC1CC2C=CC1C2. The zero-order valence-electron chi connectivity index (χ0n) is 9.27. The van der Waals surface area contributed by atoms with E-state index in [-0.39, 0.29) is 12.5 Å². The van der Waals surface area contributed by atoms with E-state index in [4.69, 9.17) is 9.84 Å². The van der Waals surface area contributed by atoms with E-state index in [2.05, 4.69) is 12.2 Å². The Bertz CT molecular complexity index is 293. The van der Waals surface area contributed by atoms with Gasteiger partial charge in [-0.25, -0.2) is 0 Å². The number of hydrogen-bond acceptors (Lipinski definition) is 2. The highest BCUT2D eigenvalue weighted by Crippen LogP contribution is 2.42. The maximum absolute atomic E-state index is 10.7. The monoisotopic (exact) mass is 210 g/mol. The van der Waals surface area contributed by atoms with Crippen molar-refractivity contribution >= 4 is 5.97 Å². The van der Waals surface area contributed by atoms with Crippen LogP contribution < -0.4 is 0 Å².